The zero-order valence-electron chi connectivity index (χ0n) is 10.5. The SMILES string of the molecule is Nc1cc(F)c(Cl)cc1N1CCCC2(C1)OCCO2. The van der Waals surface area contributed by atoms with Crippen molar-refractivity contribution in [3.63, 3.8) is 0 Å². The van der Waals surface area contributed by atoms with Crippen LogP contribution in [0.4, 0.5) is 15.8 Å². The second kappa shape index (κ2) is 4.81. The van der Waals surface area contributed by atoms with Crippen LogP contribution in [0.1, 0.15) is 12.8 Å². The molecule has 0 aliphatic carbocycles. The molecular formula is C13H16ClFN2O2. The van der Waals surface area contributed by atoms with E-state index in [4.69, 9.17) is 26.8 Å². The molecule has 2 aliphatic heterocycles. The van der Waals surface area contributed by atoms with Crippen molar-refractivity contribution in [1.29, 1.82) is 0 Å². The van der Waals surface area contributed by atoms with Gasteiger partial charge in [0.15, 0.2) is 5.79 Å². The van der Waals surface area contributed by atoms with E-state index in [0.29, 0.717) is 25.4 Å². The molecule has 1 spiro atoms. The van der Waals surface area contributed by atoms with Gasteiger partial charge in [-0.25, -0.2) is 4.39 Å². The van der Waals surface area contributed by atoms with Crippen LogP contribution in [0, 0.1) is 5.82 Å². The lowest BCUT2D eigenvalue weighted by Gasteiger charge is -2.40. The summed E-state index contributed by atoms with van der Waals surface area (Å²) in [5.41, 5.74) is 7.01. The fraction of sp³-hybridized carbons (Fsp3) is 0.538. The third-order valence-corrected chi connectivity index (χ3v) is 3.93. The fourth-order valence-electron chi connectivity index (χ4n) is 2.75. The average Bonchev–Trinajstić information content (AvgIpc) is 2.82. The summed E-state index contributed by atoms with van der Waals surface area (Å²) in [5.74, 6) is -1.03. The Morgan fingerprint density at radius 3 is 2.79 bits per heavy atom. The maximum atomic E-state index is 13.3. The predicted molar refractivity (Wildman–Crippen MR) is 71.9 cm³/mol. The van der Waals surface area contributed by atoms with Gasteiger partial charge in [0.05, 0.1) is 36.2 Å². The number of benzene rings is 1. The molecule has 4 nitrogen and oxygen atoms in total. The molecule has 6 heteroatoms. The van der Waals surface area contributed by atoms with Gasteiger partial charge in [-0.3, -0.25) is 0 Å². The van der Waals surface area contributed by atoms with Crippen molar-refractivity contribution in [2.75, 3.05) is 36.9 Å². The molecule has 2 fully saturated rings. The number of nitrogen functional groups attached to an aromatic ring is 1. The molecule has 19 heavy (non-hydrogen) atoms. The number of halogens is 2. The van der Waals surface area contributed by atoms with Crippen LogP contribution in [0.25, 0.3) is 0 Å². The van der Waals surface area contributed by atoms with Gasteiger partial charge < -0.3 is 20.1 Å². The monoisotopic (exact) mass is 286 g/mol. The van der Waals surface area contributed by atoms with Gasteiger partial charge in [-0.1, -0.05) is 11.6 Å². The van der Waals surface area contributed by atoms with Crippen molar-refractivity contribution in [3.8, 4) is 0 Å². The highest BCUT2D eigenvalue weighted by molar-refractivity contribution is 6.31. The molecule has 104 valence electrons. The number of nitrogens with zero attached hydrogens (tertiary/aromatic N) is 1. The minimum absolute atomic E-state index is 0.0806. The Balaban J connectivity index is 1.87. The maximum Gasteiger partial charge on any atom is 0.186 e. The van der Waals surface area contributed by atoms with Gasteiger partial charge in [-0.05, 0) is 12.5 Å². The number of hydrogen-bond acceptors (Lipinski definition) is 4. The van der Waals surface area contributed by atoms with Gasteiger partial charge in [-0.15, -0.1) is 0 Å². The molecular weight excluding hydrogens is 271 g/mol. The Morgan fingerprint density at radius 1 is 1.32 bits per heavy atom. The molecule has 0 atom stereocenters. The van der Waals surface area contributed by atoms with Gasteiger partial charge in [0.25, 0.3) is 0 Å². The Morgan fingerprint density at radius 2 is 2.05 bits per heavy atom. The lowest BCUT2D eigenvalue weighted by atomic mass is 10.0. The predicted octanol–water partition coefficient (Wildman–Crippen LogP) is 2.40. The first kappa shape index (κ1) is 13.0. The first-order chi connectivity index (χ1) is 9.10. The Hall–Kier alpha value is -1.04. The van der Waals surface area contributed by atoms with Crippen LogP contribution in [0.15, 0.2) is 12.1 Å². The van der Waals surface area contributed by atoms with Crippen LogP contribution in [0.3, 0.4) is 0 Å². The maximum absolute atomic E-state index is 13.3. The zero-order chi connectivity index (χ0) is 13.5. The minimum atomic E-state index is -0.536. The smallest absolute Gasteiger partial charge is 0.186 e. The van der Waals surface area contributed by atoms with E-state index in [1.165, 1.54) is 6.07 Å². The largest absolute Gasteiger partial charge is 0.397 e. The highest BCUT2D eigenvalue weighted by Crippen LogP contribution is 2.36. The number of rotatable bonds is 1. The van der Waals surface area contributed by atoms with Crippen LogP contribution in [0.5, 0.6) is 0 Å². The van der Waals surface area contributed by atoms with Crippen LogP contribution in [0.2, 0.25) is 5.02 Å². The third kappa shape index (κ3) is 2.38. The molecule has 0 amide bonds. The van der Waals surface area contributed by atoms with E-state index in [1.54, 1.807) is 6.07 Å². The summed E-state index contributed by atoms with van der Waals surface area (Å²) in [7, 11) is 0. The normalized spacial score (nSPS) is 22.1. The van der Waals surface area contributed by atoms with Crippen molar-refractivity contribution >= 4 is 23.0 Å². The molecule has 0 aromatic heterocycles. The Labute approximate surface area is 116 Å². The van der Waals surface area contributed by atoms with Gasteiger partial charge in [0.2, 0.25) is 0 Å². The molecule has 0 bridgehead atoms. The average molecular weight is 287 g/mol. The minimum Gasteiger partial charge on any atom is -0.397 e. The summed E-state index contributed by atoms with van der Waals surface area (Å²) in [4.78, 5) is 2.05. The molecule has 3 rings (SSSR count). The molecule has 1 aromatic rings. The highest BCUT2D eigenvalue weighted by atomic mass is 35.5. The van der Waals surface area contributed by atoms with E-state index in [0.717, 1.165) is 25.1 Å². The van der Waals surface area contributed by atoms with Crippen molar-refractivity contribution in [3.05, 3.63) is 23.0 Å². The van der Waals surface area contributed by atoms with Gasteiger partial charge >= 0.3 is 0 Å². The summed E-state index contributed by atoms with van der Waals surface area (Å²) >= 11 is 5.84. The topological polar surface area (TPSA) is 47.7 Å². The molecule has 0 unspecified atom stereocenters. The van der Waals surface area contributed by atoms with E-state index >= 15 is 0 Å². The van der Waals surface area contributed by atoms with Crippen molar-refractivity contribution < 1.29 is 13.9 Å². The number of hydrogen-bond donors (Lipinski definition) is 1. The lowest BCUT2D eigenvalue weighted by Crippen LogP contribution is -2.49. The second-order valence-corrected chi connectivity index (χ2v) is 5.37. The second-order valence-electron chi connectivity index (χ2n) is 4.96. The quantitative estimate of drug-likeness (QED) is 0.806. The molecule has 0 radical (unpaired) electrons. The summed E-state index contributed by atoms with van der Waals surface area (Å²) in [5, 5.41) is 0.0806. The van der Waals surface area contributed by atoms with Gasteiger partial charge in [0.1, 0.15) is 5.82 Å². The molecule has 1 aromatic carbocycles. The summed E-state index contributed by atoms with van der Waals surface area (Å²) in [6, 6.07) is 2.83. The molecule has 2 heterocycles. The van der Waals surface area contributed by atoms with Crippen LogP contribution < -0.4 is 10.6 Å². The first-order valence-electron chi connectivity index (χ1n) is 6.37. The molecule has 2 saturated heterocycles. The summed E-state index contributed by atoms with van der Waals surface area (Å²) in [6.45, 7) is 2.67. The van der Waals surface area contributed by atoms with E-state index < -0.39 is 11.6 Å². The van der Waals surface area contributed by atoms with Crippen LogP contribution in [-0.2, 0) is 9.47 Å². The lowest BCUT2D eigenvalue weighted by molar-refractivity contribution is -0.161. The van der Waals surface area contributed by atoms with Crippen molar-refractivity contribution in [1.82, 2.24) is 0 Å². The third-order valence-electron chi connectivity index (χ3n) is 3.64. The number of piperidine rings is 1. The van der Waals surface area contributed by atoms with Crippen LogP contribution in [-0.4, -0.2) is 32.1 Å². The molecule has 2 aliphatic rings. The van der Waals surface area contributed by atoms with Crippen molar-refractivity contribution in [2.45, 2.75) is 18.6 Å². The number of nitrogens with two attached hydrogens (primary N) is 1. The van der Waals surface area contributed by atoms with E-state index in [9.17, 15) is 4.39 Å². The summed E-state index contributed by atoms with van der Waals surface area (Å²) < 4.78 is 24.8. The van der Waals surface area contributed by atoms with Crippen LogP contribution >= 0.6 is 11.6 Å². The summed E-state index contributed by atoms with van der Waals surface area (Å²) in [6.07, 6.45) is 1.81. The van der Waals surface area contributed by atoms with Crippen molar-refractivity contribution in [2.24, 2.45) is 0 Å². The zero-order valence-corrected chi connectivity index (χ0v) is 11.3. The first-order valence-corrected chi connectivity index (χ1v) is 6.75. The molecule has 2 N–H and O–H groups in total. The van der Waals surface area contributed by atoms with E-state index in [2.05, 4.69) is 4.90 Å². The van der Waals surface area contributed by atoms with E-state index in [-0.39, 0.29) is 5.02 Å². The van der Waals surface area contributed by atoms with E-state index in [1.807, 2.05) is 0 Å². The number of anilines is 2. The molecule has 0 saturated carbocycles. The Bertz CT molecular complexity index is 492. The van der Waals surface area contributed by atoms with Gasteiger partial charge in [0, 0.05) is 19.0 Å². The van der Waals surface area contributed by atoms with Gasteiger partial charge in [-0.2, -0.15) is 0 Å². The number of ether oxygens (including phenoxy) is 2. The Kier molecular flexibility index (Phi) is 3.28. The fourth-order valence-corrected chi connectivity index (χ4v) is 2.91. The standard InChI is InChI=1S/C13H16ClFN2O2/c14-9-6-12(11(16)7-10(9)15)17-3-1-2-13(8-17)18-4-5-19-13/h6-7H,1-5,8,16H2. The highest BCUT2D eigenvalue weighted by Gasteiger charge is 2.41.